The van der Waals surface area contributed by atoms with E-state index in [0.29, 0.717) is 6.10 Å². The summed E-state index contributed by atoms with van der Waals surface area (Å²) >= 11 is 0. The van der Waals surface area contributed by atoms with E-state index in [2.05, 4.69) is 41.7 Å². The molecule has 112 valence electrons. The topological polar surface area (TPSA) is 24.8 Å². The highest BCUT2D eigenvalue weighted by molar-refractivity contribution is 5.70. The van der Waals surface area contributed by atoms with Gasteiger partial charge < -0.3 is 9.64 Å². The Hall–Kier alpha value is -1.87. The summed E-state index contributed by atoms with van der Waals surface area (Å²) in [4.78, 5) is 6.44. The molecule has 0 aromatic heterocycles. The fourth-order valence-corrected chi connectivity index (χ4v) is 2.42. The van der Waals surface area contributed by atoms with Gasteiger partial charge >= 0.3 is 0 Å². The Morgan fingerprint density at radius 3 is 2.86 bits per heavy atom. The molecule has 1 aromatic carbocycles. The predicted molar refractivity (Wildman–Crippen MR) is 89.1 cm³/mol. The third-order valence-electron chi connectivity index (χ3n) is 3.65. The van der Waals surface area contributed by atoms with E-state index in [1.807, 2.05) is 12.1 Å². The number of hydrogen-bond acceptors (Lipinski definition) is 3. The van der Waals surface area contributed by atoms with Gasteiger partial charge in [0, 0.05) is 25.5 Å². The molecule has 1 saturated heterocycles. The van der Waals surface area contributed by atoms with Gasteiger partial charge in [-0.2, -0.15) is 0 Å². The first-order valence-corrected chi connectivity index (χ1v) is 7.52. The molecule has 21 heavy (non-hydrogen) atoms. The van der Waals surface area contributed by atoms with Gasteiger partial charge in [0.15, 0.2) is 0 Å². The lowest BCUT2D eigenvalue weighted by Crippen LogP contribution is -2.35. The summed E-state index contributed by atoms with van der Waals surface area (Å²) in [5.74, 6) is 1.00. The van der Waals surface area contributed by atoms with Crippen LogP contribution in [0.5, 0.6) is 5.75 Å². The van der Waals surface area contributed by atoms with Crippen LogP contribution in [0.25, 0.3) is 0 Å². The van der Waals surface area contributed by atoms with Gasteiger partial charge in [0.1, 0.15) is 11.9 Å². The number of para-hydroxylation sites is 1. The average molecular weight is 284 g/mol. The van der Waals surface area contributed by atoms with E-state index in [9.17, 15) is 0 Å². The van der Waals surface area contributed by atoms with Crippen LogP contribution in [0.2, 0.25) is 0 Å². The van der Waals surface area contributed by atoms with Gasteiger partial charge in [0.05, 0.1) is 0 Å². The molecular formula is C18H24N2O. The highest BCUT2D eigenvalue weighted by Crippen LogP contribution is 2.23. The van der Waals surface area contributed by atoms with Crippen molar-refractivity contribution in [2.45, 2.75) is 25.4 Å². The van der Waals surface area contributed by atoms with E-state index in [1.165, 1.54) is 5.56 Å². The number of nitrogens with zero attached hydrogens (tertiary/aromatic N) is 2. The lowest BCUT2D eigenvalue weighted by molar-refractivity contribution is 0.113. The van der Waals surface area contributed by atoms with Crippen molar-refractivity contribution < 1.29 is 4.74 Å². The summed E-state index contributed by atoms with van der Waals surface area (Å²) in [5.41, 5.74) is 1.21. The van der Waals surface area contributed by atoms with Crippen molar-refractivity contribution in [1.29, 1.82) is 0 Å². The lowest BCUT2D eigenvalue weighted by atomic mass is 10.1. The number of benzene rings is 1. The van der Waals surface area contributed by atoms with Gasteiger partial charge in [-0.15, -0.1) is 0 Å². The zero-order valence-electron chi connectivity index (χ0n) is 12.7. The number of hydrogen-bond donors (Lipinski definition) is 0. The molecule has 0 radical (unpaired) electrons. The minimum absolute atomic E-state index is 0.338. The minimum Gasteiger partial charge on any atom is -0.490 e. The highest BCUT2D eigenvalue weighted by atomic mass is 16.5. The van der Waals surface area contributed by atoms with Crippen molar-refractivity contribution in [2.75, 3.05) is 20.1 Å². The first-order chi connectivity index (χ1) is 10.3. The lowest BCUT2D eigenvalue weighted by Gasteiger charge is -2.29. The number of allylic oxidation sites excluding steroid dienone is 2. The molecule has 1 aromatic rings. The molecular weight excluding hydrogens is 260 g/mol. The summed E-state index contributed by atoms with van der Waals surface area (Å²) in [6.07, 6.45) is 10.6. The fourth-order valence-electron chi connectivity index (χ4n) is 2.42. The molecule has 3 heteroatoms. The van der Waals surface area contributed by atoms with Crippen molar-refractivity contribution in [1.82, 2.24) is 4.90 Å². The third-order valence-corrected chi connectivity index (χ3v) is 3.65. The molecule has 1 aliphatic rings. The molecule has 0 bridgehead atoms. The largest absolute Gasteiger partial charge is 0.490 e. The molecule has 0 saturated carbocycles. The van der Waals surface area contributed by atoms with Gasteiger partial charge in [-0.1, -0.05) is 36.9 Å². The zero-order valence-corrected chi connectivity index (χ0v) is 12.7. The number of rotatable bonds is 6. The summed E-state index contributed by atoms with van der Waals surface area (Å²) in [6, 6.07) is 8.27. The van der Waals surface area contributed by atoms with E-state index >= 15 is 0 Å². The molecule has 1 heterocycles. The summed E-state index contributed by atoms with van der Waals surface area (Å²) in [6.45, 7) is 5.82. The second kappa shape index (κ2) is 8.42. The summed E-state index contributed by atoms with van der Waals surface area (Å²) in [5, 5.41) is 0. The van der Waals surface area contributed by atoms with Gasteiger partial charge in [0.25, 0.3) is 0 Å². The molecule has 0 amide bonds. The van der Waals surface area contributed by atoms with E-state index in [0.717, 1.165) is 38.1 Å². The zero-order chi connectivity index (χ0) is 14.9. The fraction of sp³-hybridized carbons (Fsp3) is 0.389. The van der Waals surface area contributed by atoms with Gasteiger partial charge in [-0.05, 0) is 37.9 Å². The van der Waals surface area contributed by atoms with E-state index < -0.39 is 0 Å². The van der Waals surface area contributed by atoms with Crippen LogP contribution in [0.15, 0.2) is 54.2 Å². The van der Waals surface area contributed by atoms with Crippen molar-refractivity contribution >= 4 is 6.21 Å². The number of likely N-dealkylation sites (tertiary alicyclic amines) is 1. The van der Waals surface area contributed by atoms with Crippen LogP contribution in [0, 0.1) is 0 Å². The maximum atomic E-state index is 6.20. The Labute approximate surface area is 127 Å². The molecule has 1 aliphatic heterocycles. The standard InChI is InChI=1S/C18H24N2O/c1-3-12-19-13-6-8-16-7-4-5-9-18(16)21-17-10-14-20(2)15-11-17/h3-7,9,12-13,17H,1,8,10-11,14-15H2,2H3/b13-6-,19-12-. The van der Waals surface area contributed by atoms with Crippen LogP contribution < -0.4 is 4.74 Å². The second-order valence-corrected chi connectivity index (χ2v) is 5.35. The molecule has 0 N–H and O–H groups in total. The van der Waals surface area contributed by atoms with Crippen LogP contribution in [0.4, 0.5) is 0 Å². The number of aliphatic imine (C=N–C) groups is 1. The predicted octanol–water partition coefficient (Wildman–Crippen LogP) is 3.47. The summed E-state index contributed by atoms with van der Waals surface area (Å²) < 4.78 is 6.20. The molecule has 0 aliphatic carbocycles. The number of piperidine rings is 1. The normalized spacial score (nSPS) is 17.6. The summed E-state index contributed by atoms with van der Waals surface area (Å²) in [7, 11) is 2.17. The maximum absolute atomic E-state index is 6.20. The van der Waals surface area contributed by atoms with E-state index in [4.69, 9.17) is 4.74 Å². The Balaban J connectivity index is 1.94. The monoisotopic (exact) mass is 284 g/mol. The van der Waals surface area contributed by atoms with Gasteiger partial charge in [-0.3, -0.25) is 4.99 Å². The SMILES string of the molecule is C=C/C=N\C=C/Cc1ccccc1OC1CCN(C)CC1. The third kappa shape index (κ3) is 5.20. The first-order valence-electron chi connectivity index (χ1n) is 7.52. The first kappa shape index (κ1) is 15.5. The smallest absolute Gasteiger partial charge is 0.123 e. The minimum atomic E-state index is 0.338. The van der Waals surface area contributed by atoms with Gasteiger partial charge in [0.2, 0.25) is 0 Å². The van der Waals surface area contributed by atoms with Crippen LogP contribution in [0.1, 0.15) is 18.4 Å². The van der Waals surface area contributed by atoms with E-state index in [1.54, 1.807) is 18.5 Å². The van der Waals surface area contributed by atoms with Crippen LogP contribution >= 0.6 is 0 Å². The average Bonchev–Trinajstić information content (AvgIpc) is 2.51. The Morgan fingerprint density at radius 2 is 2.10 bits per heavy atom. The number of ether oxygens (including phenoxy) is 1. The van der Waals surface area contributed by atoms with Crippen molar-refractivity contribution in [2.24, 2.45) is 4.99 Å². The van der Waals surface area contributed by atoms with Crippen LogP contribution in [0.3, 0.4) is 0 Å². The Bertz CT molecular complexity index is 500. The highest BCUT2D eigenvalue weighted by Gasteiger charge is 2.18. The molecule has 0 unspecified atom stereocenters. The van der Waals surface area contributed by atoms with Gasteiger partial charge in [-0.25, -0.2) is 0 Å². The maximum Gasteiger partial charge on any atom is 0.123 e. The molecule has 1 fully saturated rings. The molecule has 3 nitrogen and oxygen atoms in total. The van der Waals surface area contributed by atoms with Crippen LogP contribution in [-0.4, -0.2) is 37.4 Å². The van der Waals surface area contributed by atoms with E-state index in [-0.39, 0.29) is 0 Å². The molecule has 2 rings (SSSR count). The van der Waals surface area contributed by atoms with Crippen molar-refractivity contribution in [3.8, 4) is 5.75 Å². The quantitative estimate of drug-likeness (QED) is 0.747. The van der Waals surface area contributed by atoms with Crippen LogP contribution in [-0.2, 0) is 6.42 Å². The second-order valence-electron chi connectivity index (χ2n) is 5.35. The Morgan fingerprint density at radius 1 is 1.33 bits per heavy atom. The Kier molecular flexibility index (Phi) is 6.22. The molecule has 0 spiro atoms. The van der Waals surface area contributed by atoms with Crippen molar-refractivity contribution in [3.05, 3.63) is 54.8 Å². The van der Waals surface area contributed by atoms with Crippen molar-refractivity contribution in [3.63, 3.8) is 0 Å². The molecule has 0 atom stereocenters.